The highest BCUT2D eigenvalue weighted by atomic mass is 16.5. The molecule has 1 aromatic rings. The summed E-state index contributed by atoms with van der Waals surface area (Å²) in [4.78, 5) is 37.4. The van der Waals surface area contributed by atoms with Gasteiger partial charge in [0.1, 0.15) is 5.75 Å². The van der Waals surface area contributed by atoms with E-state index in [1.54, 1.807) is 12.1 Å². The Balaban J connectivity index is 1.86. The maximum absolute atomic E-state index is 12.5. The third kappa shape index (κ3) is 2.02. The number of nitrogens with zero attached hydrogens (tertiary/aromatic N) is 1. The molecule has 0 aliphatic carbocycles. The predicted octanol–water partition coefficient (Wildman–Crippen LogP) is 0.415. The molecule has 1 saturated heterocycles. The fourth-order valence-corrected chi connectivity index (χ4v) is 2.72. The lowest BCUT2D eigenvalue weighted by Crippen LogP contribution is -2.53. The summed E-state index contributed by atoms with van der Waals surface area (Å²) in [7, 11) is 1.53. The standard InChI is InChI=1S/C15H15N3O4/c1-3-15(13(20)16-14(21)17-15)8-18-7-9-4-5-10(22-2)6-11(9)12(18)19/h3-6H,1,7-8H2,2H3,(H2,16,17,20,21)/t15-/m1/s1. The molecule has 0 unspecified atom stereocenters. The van der Waals surface area contributed by atoms with Crippen LogP contribution in [0.25, 0.3) is 0 Å². The molecule has 2 N–H and O–H groups in total. The molecule has 0 spiro atoms. The monoisotopic (exact) mass is 301 g/mol. The second-order valence-electron chi connectivity index (χ2n) is 5.27. The van der Waals surface area contributed by atoms with E-state index in [4.69, 9.17) is 4.74 Å². The first kappa shape index (κ1) is 14.1. The van der Waals surface area contributed by atoms with E-state index >= 15 is 0 Å². The molecule has 7 heteroatoms. The van der Waals surface area contributed by atoms with Crippen LogP contribution < -0.4 is 15.4 Å². The molecule has 114 valence electrons. The lowest BCUT2D eigenvalue weighted by molar-refractivity contribution is -0.122. The number of imide groups is 1. The van der Waals surface area contributed by atoms with Gasteiger partial charge in [0.2, 0.25) is 0 Å². The zero-order valence-electron chi connectivity index (χ0n) is 12.0. The van der Waals surface area contributed by atoms with E-state index in [2.05, 4.69) is 17.2 Å². The fraction of sp³-hybridized carbons (Fsp3) is 0.267. The van der Waals surface area contributed by atoms with Gasteiger partial charge in [0.05, 0.1) is 13.7 Å². The second-order valence-corrected chi connectivity index (χ2v) is 5.27. The SMILES string of the molecule is C=C[C@]1(CN2Cc3ccc(OC)cc3C2=O)NC(=O)NC1=O. The quantitative estimate of drug-likeness (QED) is 0.623. The first-order chi connectivity index (χ1) is 10.5. The molecular weight excluding hydrogens is 286 g/mol. The molecule has 0 bridgehead atoms. The van der Waals surface area contributed by atoms with Crippen molar-refractivity contribution in [2.24, 2.45) is 0 Å². The molecule has 1 atom stereocenters. The second kappa shape index (κ2) is 4.87. The van der Waals surface area contributed by atoms with Crippen LogP contribution in [0.1, 0.15) is 15.9 Å². The number of methoxy groups -OCH3 is 1. The van der Waals surface area contributed by atoms with Crippen molar-refractivity contribution in [2.45, 2.75) is 12.1 Å². The van der Waals surface area contributed by atoms with E-state index in [0.717, 1.165) is 5.56 Å². The Morgan fingerprint density at radius 3 is 2.77 bits per heavy atom. The molecule has 2 aliphatic heterocycles. The Kier molecular flexibility index (Phi) is 3.13. The maximum Gasteiger partial charge on any atom is 0.322 e. The lowest BCUT2D eigenvalue weighted by Gasteiger charge is -2.27. The number of carbonyl (C=O) groups is 3. The summed E-state index contributed by atoms with van der Waals surface area (Å²) in [5, 5.41) is 4.70. The molecule has 3 rings (SSSR count). The number of urea groups is 1. The molecule has 7 nitrogen and oxygen atoms in total. The van der Waals surface area contributed by atoms with Crippen LogP contribution in [0.2, 0.25) is 0 Å². The summed E-state index contributed by atoms with van der Waals surface area (Å²) in [6.45, 7) is 4.01. The van der Waals surface area contributed by atoms with E-state index in [1.807, 2.05) is 6.07 Å². The third-order valence-corrected chi connectivity index (χ3v) is 3.95. The summed E-state index contributed by atoms with van der Waals surface area (Å²) < 4.78 is 5.12. The molecule has 2 aliphatic rings. The summed E-state index contributed by atoms with van der Waals surface area (Å²) in [5.74, 6) is -0.114. The average Bonchev–Trinajstić information content (AvgIpc) is 2.96. The fourth-order valence-electron chi connectivity index (χ4n) is 2.72. The van der Waals surface area contributed by atoms with Crippen LogP contribution in [0.5, 0.6) is 5.75 Å². The van der Waals surface area contributed by atoms with Crippen molar-refractivity contribution in [3.05, 3.63) is 42.0 Å². The van der Waals surface area contributed by atoms with Crippen molar-refractivity contribution >= 4 is 17.8 Å². The van der Waals surface area contributed by atoms with Crippen LogP contribution in [0.15, 0.2) is 30.9 Å². The largest absolute Gasteiger partial charge is 0.497 e. The minimum atomic E-state index is -1.29. The van der Waals surface area contributed by atoms with Gasteiger partial charge in [-0.25, -0.2) is 4.79 Å². The minimum Gasteiger partial charge on any atom is -0.497 e. The number of hydrogen-bond donors (Lipinski definition) is 2. The summed E-state index contributed by atoms with van der Waals surface area (Å²) in [5.41, 5.74) is 0.108. The molecule has 1 aromatic carbocycles. The van der Waals surface area contributed by atoms with Gasteiger partial charge in [0.25, 0.3) is 11.8 Å². The van der Waals surface area contributed by atoms with Crippen molar-refractivity contribution in [3.63, 3.8) is 0 Å². The summed E-state index contributed by atoms with van der Waals surface area (Å²) in [6.07, 6.45) is 1.35. The van der Waals surface area contributed by atoms with Gasteiger partial charge in [-0.15, -0.1) is 6.58 Å². The normalized spacial score (nSPS) is 23.1. The number of hydrogen-bond acceptors (Lipinski definition) is 4. The van der Waals surface area contributed by atoms with Crippen molar-refractivity contribution in [1.82, 2.24) is 15.5 Å². The maximum atomic E-state index is 12.5. The van der Waals surface area contributed by atoms with Crippen molar-refractivity contribution in [1.29, 1.82) is 0 Å². The minimum absolute atomic E-state index is 0.0316. The van der Waals surface area contributed by atoms with Gasteiger partial charge >= 0.3 is 6.03 Å². The van der Waals surface area contributed by atoms with Crippen LogP contribution in [0.4, 0.5) is 4.79 Å². The molecule has 4 amide bonds. The van der Waals surface area contributed by atoms with E-state index < -0.39 is 17.5 Å². The Bertz CT molecular complexity index is 700. The topological polar surface area (TPSA) is 87.7 Å². The number of carbonyl (C=O) groups excluding carboxylic acids is 3. The van der Waals surface area contributed by atoms with Gasteiger partial charge in [-0.05, 0) is 17.7 Å². The number of fused-ring (bicyclic) bond motifs is 1. The van der Waals surface area contributed by atoms with Gasteiger partial charge < -0.3 is 15.0 Å². The van der Waals surface area contributed by atoms with Crippen LogP contribution >= 0.6 is 0 Å². The predicted molar refractivity (Wildman–Crippen MR) is 77.3 cm³/mol. The van der Waals surface area contributed by atoms with E-state index in [-0.39, 0.29) is 12.5 Å². The van der Waals surface area contributed by atoms with Gasteiger partial charge in [-0.3, -0.25) is 14.9 Å². The molecule has 1 fully saturated rings. The Morgan fingerprint density at radius 2 is 2.18 bits per heavy atom. The smallest absolute Gasteiger partial charge is 0.322 e. The summed E-state index contributed by atoms with van der Waals surface area (Å²) >= 11 is 0. The van der Waals surface area contributed by atoms with Gasteiger partial charge in [-0.2, -0.15) is 0 Å². The first-order valence-corrected chi connectivity index (χ1v) is 6.72. The van der Waals surface area contributed by atoms with E-state index in [1.165, 1.54) is 18.1 Å². The Morgan fingerprint density at radius 1 is 1.41 bits per heavy atom. The van der Waals surface area contributed by atoms with Crippen molar-refractivity contribution in [3.8, 4) is 5.75 Å². The Labute approximate surface area is 126 Å². The van der Waals surface area contributed by atoms with E-state index in [0.29, 0.717) is 17.9 Å². The molecule has 0 radical (unpaired) electrons. The van der Waals surface area contributed by atoms with Gasteiger partial charge in [0, 0.05) is 12.1 Å². The highest BCUT2D eigenvalue weighted by Gasteiger charge is 2.46. The molecule has 0 saturated carbocycles. The number of nitrogens with one attached hydrogen (secondary N) is 2. The Hall–Kier alpha value is -2.83. The highest BCUT2D eigenvalue weighted by molar-refractivity contribution is 6.09. The van der Waals surface area contributed by atoms with E-state index in [9.17, 15) is 14.4 Å². The van der Waals surface area contributed by atoms with Crippen LogP contribution in [-0.2, 0) is 11.3 Å². The van der Waals surface area contributed by atoms with Crippen LogP contribution in [-0.4, -0.2) is 41.9 Å². The molecule has 0 aromatic heterocycles. The molecule has 22 heavy (non-hydrogen) atoms. The molecule has 2 heterocycles. The lowest BCUT2D eigenvalue weighted by atomic mass is 9.99. The van der Waals surface area contributed by atoms with Crippen molar-refractivity contribution < 1.29 is 19.1 Å². The van der Waals surface area contributed by atoms with Crippen molar-refractivity contribution in [2.75, 3.05) is 13.7 Å². The third-order valence-electron chi connectivity index (χ3n) is 3.95. The number of benzene rings is 1. The zero-order valence-corrected chi connectivity index (χ0v) is 12.0. The number of ether oxygens (including phenoxy) is 1. The average molecular weight is 301 g/mol. The van der Waals surface area contributed by atoms with Crippen LogP contribution in [0, 0.1) is 0 Å². The molecular formula is C15H15N3O4. The number of rotatable bonds is 4. The number of amides is 4. The first-order valence-electron chi connectivity index (χ1n) is 6.72. The van der Waals surface area contributed by atoms with Gasteiger partial charge in [0.15, 0.2) is 5.54 Å². The highest BCUT2D eigenvalue weighted by Crippen LogP contribution is 2.28. The van der Waals surface area contributed by atoms with Crippen LogP contribution in [0.3, 0.4) is 0 Å². The summed E-state index contributed by atoms with van der Waals surface area (Å²) in [6, 6.07) is 4.68. The van der Waals surface area contributed by atoms with Gasteiger partial charge in [-0.1, -0.05) is 12.1 Å². The zero-order chi connectivity index (χ0) is 15.9.